The van der Waals surface area contributed by atoms with E-state index in [1.54, 1.807) is 12.1 Å². The zero-order chi connectivity index (χ0) is 20.3. The summed E-state index contributed by atoms with van der Waals surface area (Å²) in [5, 5.41) is 12.4. The van der Waals surface area contributed by atoms with Gasteiger partial charge in [0.15, 0.2) is 18.1 Å². The lowest BCUT2D eigenvalue weighted by Crippen LogP contribution is -2.13. The molecule has 28 heavy (non-hydrogen) atoms. The van der Waals surface area contributed by atoms with Crippen molar-refractivity contribution in [1.82, 2.24) is 14.9 Å². The van der Waals surface area contributed by atoms with Crippen LogP contribution >= 0.6 is 11.6 Å². The maximum Gasteiger partial charge on any atom is 0.341 e. The zero-order valence-electron chi connectivity index (χ0n) is 16.0. The van der Waals surface area contributed by atoms with E-state index < -0.39 is 12.6 Å². The molecule has 0 aliphatic heterocycles. The molecule has 3 rings (SSSR count). The van der Waals surface area contributed by atoms with Gasteiger partial charge in [-0.1, -0.05) is 17.7 Å². The van der Waals surface area contributed by atoms with E-state index in [-0.39, 0.29) is 5.75 Å². The van der Waals surface area contributed by atoms with Crippen molar-refractivity contribution >= 4 is 28.6 Å². The maximum absolute atomic E-state index is 10.7. The number of benzene rings is 2. The fourth-order valence-electron chi connectivity index (χ4n) is 2.98. The number of aliphatic carboxylic acids is 1. The molecule has 0 saturated heterocycles. The largest absolute Gasteiger partial charge is 0.493 e. The van der Waals surface area contributed by atoms with Crippen molar-refractivity contribution in [3.63, 3.8) is 0 Å². The molecule has 0 fully saturated rings. The summed E-state index contributed by atoms with van der Waals surface area (Å²) in [6.07, 6.45) is 0. The Morgan fingerprint density at radius 2 is 2.00 bits per heavy atom. The first-order chi connectivity index (χ1) is 13.4. The van der Waals surface area contributed by atoms with Gasteiger partial charge in [0, 0.05) is 20.1 Å². The molecule has 0 bridgehead atoms. The minimum absolute atomic E-state index is 0.228. The molecular weight excluding hydrogens is 382 g/mol. The van der Waals surface area contributed by atoms with E-state index in [1.165, 1.54) is 7.11 Å². The van der Waals surface area contributed by atoms with E-state index in [0.29, 0.717) is 23.9 Å². The number of carbonyl (C=O) groups is 1. The predicted molar refractivity (Wildman–Crippen MR) is 107 cm³/mol. The van der Waals surface area contributed by atoms with E-state index in [0.717, 1.165) is 28.0 Å². The summed E-state index contributed by atoms with van der Waals surface area (Å²) >= 11 is 6.24. The molecule has 0 aliphatic rings. The zero-order valence-corrected chi connectivity index (χ0v) is 16.7. The Morgan fingerprint density at radius 1 is 1.25 bits per heavy atom. The number of halogens is 1. The molecule has 0 amide bonds. The first kappa shape index (κ1) is 20.0. The second kappa shape index (κ2) is 8.50. The van der Waals surface area contributed by atoms with Gasteiger partial charge in [0.1, 0.15) is 5.82 Å². The van der Waals surface area contributed by atoms with Gasteiger partial charge in [-0.3, -0.25) is 0 Å². The number of aromatic nitrogens is 2. The van der Waals surface area contributed by atoms with Crippen LogP contribution in [0.4, 0.5) is 0 Å². The number of nitrogens with zero attached hydrogens (tertiary/aromatic N) is 2. The number of carboxylic acids is 1. The standard InChI is InChI=1S/C20H22ClN3O4/c1-12-23-16-7-13(4-5-17(16)24(12)2)9-22-10-14-6-15(21)20(18(8-14)27-3)28-11-19(25)26/h4-8,22H,9-11H2,1-3H3,(H,25,26). The Labute approximate surface area is 167 Å². The summed E-state index contributed by atoms with van der Waals surface area (Å²) in [5.74, 6) is 0.526. The van der Waals surface area contributed by atoms with Crippen molar-refractivity contribution in [3.8, 4) is 11.5 Å². The molecule has 7 nitrogen and oxygen atoms in total. The molecule has 148 valence electrons. The summed E-state index contributed by atoms with van der Waals surface area (Å²) in [4.78, 5) is 15.3. The first-order valence-electron chi connectivity index (χ1n) is 8.72. The van der Waals surface area contributed by atoms with E-state index in [1.807, 2.05) is 14.0 Å². The Hall–Kier alpha value is -2.77. The number of fused-ring (bicyclic) bond motifs is 1. The van der Waals surface area contributed by atoms with Gasteiger partial charge >= 0.3 is 5.97 Å². The minimum Gasteiger partial charge on any atom is -0.493 e. The average molecular weight is 404 g/mol. The fourth-order valence-corrected chi connectivity index (χ4v) is 3.26. The van der Waals surface area contributed by atoms with Crippen LogP contribution in [0, 0.1) is 6.92 Å². The van der Waals surface area contributed by atoms with Gasteiger partial charge in [-0.25, -0.2) is 9.78 Å². The first-order valence-corrected chi connectivity index (χ1v) is 9.10. The molecule has 0 saturated carbocycles. The number of carboxylic acid groups (broad SMARTS) is 1. The summed E-state index contributed by atoms with van der Waals surface area (Å²) in [6.45, 7) is 2.74. The molecule has 0 radical (unpaired) electrons. The number of imidazole rings is 1. The topological polar surface area (TPSA) is 85.6 Å². The van der Waals surface area contributed by atoms with Crippen LogP contribution in [0.15, 0.2) is 30.3 Å². The van der Waals surface area contributed by atoms with Crippen LogP contribution in [0.2, 0.25) is 5.02 Å². The van der Waals surface area contributed by atoms with E-state index in [4.69, 9.17) is 26.2 Å². The third-order valence-electron chi connectivity index (χ3n) is 4.46. The fraction of sp³-hybridized carbons (Fsp3) is 0.300. The van der Waals surface area contributed by atoms with Gasteiger partial charge < -0.3 is 24.5 Å². The lowest BCUT2D eigenvalue weighted by atomic mass is 10.1. The van der Waals surface area contributed by atoms with Gasteiger partial charge in [-0.2, -0.15) is 0 Å². The van der Waals surface area contributed by atoms with Gasteiger partial charge in [-0.15, -0.1) is 0 Å². The third-order valence-corrected chi connectivity index (χ3v) is 4.74. The average Bonchev–Trinajstić information content (AvgIpc) is 2.93. The maximum atomic E-state index is 10.7. The summed E-state index contributed by atoms with van der Waals surface area (Å²) in [7, 11) is 3.49. The number of ether oxygens (including phenoxy) is 2. The van der Waals surface area contributed by atoms with Crippen LogP contribution in [0.3, 0.4) is 0 Å². The van der Waals surface area contributed by atoms with Crippen molar-refractivity contribution in [1.29, 1.82) is 0 Å². The van der Waals surface area contributed by atoms with E-state index >= 15 is 0 Å². The van der Waals surface area contributed by atoms with E-state index in [9.17, 15) is 4.79 Å². The highest BCUT2D eigenvalue weighted by atomic mass is 35.5. The van der Waals surface area contributed by atoms with Crippen LogP contribution in [0.5, 0.6) is 11.5 Å². The van der Waals surface area contributed by atoms with Crippen molar-refractivity contribution in [3.05, 3.63) is 52.3 Å². The Balaban J connectivity index is 1.67. The van der Waals surface area contributed by atoms with Crippen LogP contribution in [0.25, 0.3) is 11.0 Å². The molecule has 1 heterocycles. The molecule has 0 aliphatic carbocycles. The molecule has 0 atom stereocenters. The number of hydrogen-bond acceptors (Lipinski definition) is 5. The molecule has 0 spiro atoms. The molecule has 1 aromatic heterocycles. The van der Waals surface area contributed by atoms with Crippen LogP contribution in [-0.2, 0) is 24.9 Å². The monoisotopic (exact) mass is 403 g/mol. The number of aryl methyl sites for hydroxylation is 2. The van der Waals surface area contributed by atoms with E-state index in [2.05, 4.69) is 33.1 Å². The molecular formula is C20H22ClN3O4. The van der Waals surface area contributed by atoms with Crippen LogP contribution < -0.4 is 14.8 Å². The normalized spacial score (nSPS) is 11.0. The molecule has 3 aromatic rings. The summed E-state index contributed by atoms with van der Waals surface area (Å²) in [5.41, 5.74) is 4.11. The number of rotatable bonds is 8. The van der Waals surface area contributed by atoms with Crippen molar-refractivity contribution in [2.75, 3.05) is 13.7 Å². The Kier molecular flexibility index (Phi) is 6.06. The number of methoxy groups -OCH3 is 1. The second-order valence-corrected chi connectivity index (χ2v) is 6.84. The predicted octanol–water partition coefficient (Wildman–Crippen LogP) is 3.30. The Bertz CT molecular complexity index is 1020. The number of nitrogens with one attached hydrogen (secondary N) is 1. The van der Waals surface area contributed by atoms with Crippen LogP contribution in [0.1, 0.15) is 17.0 Å². The highest BCUT2D eigenvalue weighted by Crippen LogP contribution is 2.36. The SMILES string of the molecule is COc1cc(CNCc2ccc3c(c2)nc(C)n3C)cc(Cl)c1OCC(=O)O. The second-order valence-electron chi connectivity index (χ2n) is 6.44. The minimum atomic E-state index is -1.08. The van der Waals surface area contributed by atoms with Gasteiger partial charge in [0.05, 0.1) is 23.2 Å². The summed E-state index contributed by atoms with van der Waals surface area (Å²) in [6, 6.07) is 9.74. The molecule has 2 aromatic carbocycles. The van der Waals surface area contributed by atoms with Crippen molar-refractivity contribution in [2.45, 2.75) is 20.0 Å². The molecule has 8 heteroatoms. The highest BCUT2D eigenvalue weighted by molar-refractivity contribution is 6.32. The molecule has 0 unspecified atom stereocenters. The highest BCUT2D eigenvalue weighted by Gasteiger charge is 2.13. The Morgan fingerprint density at radius 3 is 2.71 bits per heavy atom. The summed E-state index contributed by atoms with van der Waals surface area (Å²) < 4.78 is 12.6. The van der Waals surface area contributed by atoms with Gasteiger partial charge in [-0.05, 0) is 42.3 Å². The van der Waals surface area contributed by atoms with Gasteiger partial charge in [0.25, 0.3) is 0 Å². The number of hydrogen-bond donors (Lipinski definition) is 2. The molecule has 2 N–H and O–H groups in total. The lowest BCUT2D eigenvalue weighted by Gasteiger charge is -2.13. The smallest absolute Gasteiger partial charge is 0.341 e. The van der Waals surface area contributed by atoms with Gasteiger partial charge in [0.2, 0.25) is 0 Å². The quantitative estimate of drug-likeness (QED) is 0.600. The van der Waals surface area contributed by atoms with Crippen molar-refractivity contribution < 1.29 is 19.4 Å². The van der Waals surface area contributed by atoms with Crippen LogP contribution in [-0.4, -0.2) is 34.3 Å². The third kappa shape index (κ3) is 4.37. The van der Waals surface area contributed by atoms with Crippen molar-refractivity contribution in [2.24, 2.45) is 7.05 Å². The lowest BCUT2D eigenvalue weighted by molar-refractivity contribution is -0.139.